The number of nitrogens with one attached hydrogen (secondary N) is 1. The molecule has 0 radical (unpaired) electrons. The van der Waals surface area contributed by atoms with E-state index in [0.29, 0.717) is 18.8 Å². The van der Waals surface area contributed by atoms with Crippen LogP contribution in [0, 0.1) is 34.6 Å². The van der Waals surface area contributed by atoms with E-state index in [0.717, 1.165) is 45.0 Å². The smallest absolute Gasteiger partial charge is 0.255 e. The monoisotopic (exact) mass is 417 g/mol. The first-order valence-electron chi connectivity index (χ1n) is 10.6. The van der Waals surface area contributed by atoms with Crippen molar-refractivity contribution in [2.24, 2.45) is 0 Å². The Morgan fingerprint density at radius 3 is 2.03 bits per heavy atom. The number of aryl methyl sites for hydroxylation is 5. The maximum absolute atomic E-state index is 13.0. The van der Waals surface area contributed by atoms with Gasteiger partial charge >= 0.3 is 0 Å². The second-order valence-corrected chi connectivity index (χ2v) is 8.10. The number of hydrogen-bond donors (Lipinski definition) is 1. The number of anilines is 1. The predicted molar refractivity (Wildman–Crippen MR) is 126 cm³/mol. The predicted octanol–water partition coefficient (Wildman–Crippen LogP) is 6.46. The summed E-state index contributed by atoms with van der Waals surface area (Å²) < 4.78 is 11.8. The van der Waals surface area contributed by atoms with Gasteiger partial charge in [0.2, 0.25) is 0 Å². The molecule has 0 heterocycles. The lowest BCUT2D eigenvalue weighted by Gasteiger charge is -2.15. The fourth-order valence-corrected chi connectivity index (χ4v) is 3.87. The number of carbonyl (C=O) groups excluding carboxylic acids is 1. The first-order chi connectivity index (χ1) is 14.8. The van der Waals surface area contributed by atoms with Crippen molar-refractivity contribution in [2.45, 2.75) is 48.1 Å². The van der Waals surface area contributed by atoms with Crippen LogP contribution in [0.4, 0.5) is 5.69 Å². The van der Waals surface area contributed by atoms with Crippen LogP contribution in [0.5, 0.6) is 11.5 Å². The minimum Gasteiger partial charge on any atom is -0.493 e. The summed E-state index contributed by atoms with van der Waals surface area (Å²) in [5, 5.41) is 3.07. The lowest BCUT2D eigenvalue weighted by molar-refractivity contribution is 0.102. The van der Waals surface area contributed by atoms with Crippen LogP contribution >= 0.6 is 0 Å². The van der Waals surface area contributed by atoms with E-state index in [1.807, 2.05) is 58.9 Å². The van der Waals surface area contributed by atoms with Crippen molar-refractivity contribution < 1.29 is 14.3 Å². The minimum atomic E-state index is -0.147. The van der Waals surface area contributed by atoms with E-state index in [9.17, 15) is 4.79 Å². The van der Waals surface area contributed by atoms with Crippen molar-refractivity contribution in [2.75, 3.05) is 11.9 Å². The van der Waals surface area contributed by atoms with Crippen LogP contribution < -0.4 is 14.8 Å². The number of carbonyl (C=O) groups is 1. The van der Waals surface area contributed by atoms with Gasteiger partial charge in [0.05, 0.1) is 6.61 Å². The standard InChI is InChI=1S/C27H31NO3/c1-7-30-25-9-8-22(27(29)28-26-20(5)11-19(4)12-21(26)6)15-23(25)16-31-24-13-17(2)10-18(3)14-24/h8-15H,7,16H2,1-6H3,(H,28,29). The molecular weight excluding hydrogens is 386 g/mol. The Bertz CT molecular complexity index is 1060. The van der Waals surface area contributed by atoms with Gasteiger partial charge in [0, 0.05) is 16.8 Å². The van der Waals surface area contributed by atoms with Crippen molar-refractivity contribution in [1.29, 1.82) is 0 Å². The molecule has 0 aliphatic heterocycles. The second kappa shape index (κ2) is 9.69. The van der Waals surface area contributed by atoms with Crippen LogP contribution in [-0.2, 0) is 6.61 Å². The lowest BCUT2D eigenvalue weighted by atomic mass is 10.0. The van der Waals surface area contributed by atoms with Gasteiger partial charge in [-0.3, -0.25) is 4.79 Å². The second-order valence-electron chi connectivity index (χ2n) is 8.10. The molecule has 0 spiro atoms. The lowest BCUT2D eigenvalue weighted by Crippen LogP contribution is -2.15. The fraction of sp³-hybridized carbons (Fsp3) is 0.296. The Morgan fingerprint density at radius 2 is 1.42 bits per heavy atom. The number of hydrogen-bond acceptors (Lipinski definition) is 3. The SMILES string of the molecule is CCOc1ccc(C(=O)Nc2c(C)cc(C)cc2C)cc1COc1cc(C)cc(C)c1. The van der Waals surface area contributed by atoms with Crippen molar-refractivity contribution in [3.05, 3.63) is 87.5 Å². The molecule has 31 heavy (non-hydrogen) atoms. The summed E-state index contributed by atoms with van der Waals surface area (Å²) in [5.74, 6) is 1.39. The van der Waals surface area contributed by atoms with Gasteiger partial charge in [-0.1, -0.05) is 23.8 Å². The van der Waals surface area contributed by atoms with Crippen LogP contribution in [0.2, 0.25) is 0 Å². The zero-order valence-electron chi connectivity index (χ0n) is 19.3. The third-order valence-corrected chi connectivity index (χ3v) is 5.13. The zero-order valence-corrected chi connectivity index (χ0v) is 19.3. The van der Waals surface area contributed by atoms with E-state index in [1.165, 1.54) is 5.56 Å². The van der Waals surface area contributed by atoms with E-state index in [-0.39, 0.29) is 5.91 Å². The highest BCUT2D eigenvalue weighted by Crippen LogP contribution is 2.26. The van der Waals surface area contributed by atoms with Crippen LogP contribution in [0.1, 0.15) is 50.7 Å². The molecule has 1 N–H and O–H groups in total. The van der Waals surface area contributed by atoms with Crippen molar-refractivity contribution >= 4 is 11.6 Å². The van der Waals surface area contributed by atoms with Gasteiger partial charge in [0.15, 0.2) is 0 Å². The highest BCUT2D eigenvalue weighted by Gasteiger charge is 2.14. The molecule has 3 rings (SSSR count). The Morgan fingerprint density at radius 1 is 0.806 bits per heavy atom. The fourth-order valence-electron chi connectivity index (χ4n) is 3.87. The highest BCUT2D eigenvalue weighted by atomic mass is 16.5. The topological polar surface area (TPSA) is 47.6 Å². The molecule has 0 saturated heterocycles. The molecule has 1 amide bonds. The Kier molecular flexibility index (Phi) is 7.01. The zero-order chi connectivity index (χ0) is 22.5. The number of benzene rings is 3. The first-order valence-corrected chi connectivity index (χ1v) is 10.6. The molecule has 0 aliphatic rings. The van der Waals surface area contributed by atoms with Gasteiger partial charge in [-0.25, -0.2) is 0 Å². The van der Waals surface area contributed by atoms with E-state index in [1.54, 1.807) is 6.07 Å². The van der Waals surface area contributed by atoms with Gasteiger partial charge in [-0.15, -0.1) is 0 Å². The van der Waals surface area contributed by atoms with Gasteiger partial charge in [-0.2, -0.15) is 0 Å². The molecule has 162 valence electrons. The molecule has 3 aromatic carbocycles. The summed E-state index contributed by atoms with van der Waals surface area (Å²) in [5.41, 5.74) is 7.85. The van der Waals surface area contributed by atoms with E-state index in [4.69, 9.17) is 9.47 Å². The van der Waals surface area contributed by atoms with Crippen molar-refractivity contribution in [3.8, 4) is 11.5 Å². The van der Waals surface area contributed by atoms with Crippen LogP contribution in [0.25, 0.3) is 0 Å². The number of amides is 1. The molecule has 0 fully saturated rings. The van der Waals surface area contributed by atoms with Gasteiger partial charge in [0.1, 0.15) is 18.1 Å². The molecule has 0 unspecified atom stereocenters. The summed E-state index contributed by atoms with van der Waals surface area (Å²) in [6.45, 7) is 13.0. The molecule has 0 bridgehead atoms. The third-order valence-electron chi connectivity index (χ3n) is 5.13. The highest BCUT2D eigenvalue weighted by molar-refractivity contribution is 6.05. The Balaban J connectivity index is 1.84. The summed E-state index contributed by atoms with van der Waals surface area (Å²) in [4.78, 5) is 13.0. The normalized spacial score (nSPS) is 10.6. The van der Waals surface area contributed by atoms with Crippen molar-refractivity contribution in [3.63, 3.8) is 0 Å². The third kappa shape index (κ3) is 5.66. The van der Waals surface area contributed by atoms with E-state index < -0.39 is 0 Å². The molecular formula is C27H31NO3. The summed E-state index contributed by atoms with van der Waals surface area (Å²) in [7, 11) is 0. The van der Waals surface area contributed by atoms with Gasteiger partial charge in [0.25, 0.3) is 5.91 Å². The summed E-state index contributed by atoms with van der Waals surface area (Å²) in [6.07, 6.45) is 0. The van der Waals surface area contributed by atoms with Gasteiger partial charge in [-0.05, 0) is 94.1 Å². The van der Waals surface area contributed by atoms with E-state index in [2.05, 4.69) is 30.4 Å². The Hall–Kier alpha value is -3.27. The Labute approximate surface area is 185 Å². The summed E-state index contributed by atoms with van der Waals surface area (Å²) in [6, 6.07) is 15.8. The quantitative estimate of drug-likeness (QED) is 0.480. The molecule has 0 aromatic heterocycles. The largest absolute Gasteiger partial charge is 0.493 e. The van der Waals surface area contributed by atoms with Crippen LogP contribution in [-0.4, -0.2) is 12.5 Å². The van der Waals surface area contributed by atoms with Gasteiger partial charge < -0.3 is 14.8 Å². The molecule has 4 nitrogen and oxygen atoms in total. The molecule has 0 atom stereocenters. The average molecular weight is 418 g/mol. The number of rotatable bonds is 7. The van der Waals surface area contributed by atoms with Crippen LogP contribution in [0.15, 0.2) is 48.5 Å². The molecule has 0 saturated carbocycles. The minimum absolute atomic E-state index is 0.147. The van der Waals surface area contributed by atoms with Crippen molar-refractivity contribution in [1.82, 2.24) is 0 Å². The van der Waals surface area contributed by atoms with Crippen LogP contribution in [0.3, 0.4) is 0 Å². The average Bonchev–Trinajstić information content (AvgIpc) is 2.69. The molecule has 0 aliphatic carbocycles. The molecule has 3 aromatic rings. The van der Waals surface area contributed by atoms with E-state index >= 15 is 0 Å². The number of ether oxygens (including phenoxy) is 2. The summed E-state index contributed by atoms with van der Waals surface area (Å²) >= 11 is 0. The maximum Gasteiger partial charge on any atom is 0.255 e. The maximum atomic E-state index is 13.0. The first kappa shape index (κ1) is 22.4. The molecule has 4 heteroatoms.